The Balaban J connectivity index is 2.10. The smallest absolute Gasteiger partial charge is 0.267 e. The van der Waals surface area contributed by atoms with Crippen LogP contribution >= 0.6 is 27.5 Å². The number of carbonyl (C=O) groups is 1. The highest BCUT2D eigenvalue weighted by Gasteiger charge is 2.11. The van der Waals surface area contributed by atoms with Crippen LogP contribution in [0.15, 0.2) is 52.8 Å². The second kappa shape index (κ2) is 7.63. The number of pyridine rings is 1. The third kappa shape index (κ3) is 4.71. The highest BCUT2D eigenvalue weighted by Crippen LogP contribution is 2.24. The summed E-state index contributed by atoms with van der Waals surface area (Å²) in [4.78, 5) is 16.2. The van der Waals surface area contributed by atoms with Gasteiger partial charge in [-0.1, -0.05) is 11.6 Å². The van der Waals surface area contributed by atoms with E-state index in [0.717, 1.165) is 4.47 Å². The first-order valence-corrected chi connectivity index (χ1v) is 7.51. The van der Waals surface area contributed by atoms with E-state index < -0.39 is 5.91 Å². The Morgan fingerprint density at radius 3 is 2.78 bits per heavy atom. The lowest BCUT2D eigenvalue weighted by atomic mass is 10.2. The molecule has 0 radical (unpaired) electrons. The molecule has 1 aromatic heterocycles. The first kappa shape index (κ1) is 16.8. The summed E-state index contributed by atoms with van der Waals surface area (Å²) in [5.74, 6) is -0.0944. The Morgan fingerprint density at radius 2 is 2.17 bits per heavy atom. The van der Waals surface area contributed by atoms with Crippen molar-refractivity contribution in [1.82, 2.24) is 4.98 Å². The monoisotopic (exact) mass is 391 g/mol. The van der Waals surface area contributed by atoms with Crippen LogP contribution in [0.25, 0.3) is 0 Å². The summed E-state index contributed by atoms with van der Waals surface area (Å²) >= 11 is 9.25. The number of anilines is 3. The number of amides is 1. The number of halogens is 2. The Hall–Kier alpha value is -2.56. The number of aromatic nitrogens is 1. The number of nitrogen functional groups attached to an aromatic ring is 1. The molecule has 0 saturated carbocycles. The fourth-order valence-corrected chi connectivity index (χ4v) is 2.05. The number of nitrogens with two attached hydrogens (primary N) is 1. The highest BCUT2D eigenvalue weighted by atomic mass is 79.9. The standard InChI is InChI=1S/C15H11BrClN5O/c16-10-1-4-14(21-8-10)20-7-9(6-18)15(23)22-13-3-2-11(19)5-12(13)17/h1-5,7-8H,19H2,(H,20,21)(H,22,23)/b9-7-. The number of hydrogen-bond acceptors (Lipinski definition) is 5. The van der Waals surface area contributed by atoms with Gasteiger partial charge in [-0.15, -0.1) is 0 Å². The molecule has 2 aromatic rings. The summed E-state index contributed by atoms with van der Waals surface area (Å²) in [6.45, 7) is 0. The second-order valence-corrected chi connectivity index (χ2v) is 5.69. The number of nitrogens with one attached hydrogen (secondary N) is 2. The van der Waals surface area contributed by atoms with Gasteiger partial charge < -0.3 is 16.4 Å². The van der Waals surface area contributed by atoms with Crippen LogP contribution in [0.1, 0.15) is 0 Å². The number of carbonyl (C=O) groups excluding carboxylic acids is 1. The minimum absolute atomic E-state index is 0.123. The topological polar surface area (TPSA) is 104 Å². The van der Waals surface area contributed by atoms with Crippen molar-refractivity contribution in [3.8, 4) is 6.07 Å². The average Bonchev–Trinajstić information content (AvgIpc) is 2.52. The molecule has 0 saturated heterocycles. The molecule has 8 heteroatoms. The zero-order valence-corrected chi connectivity index (χ0v) is 14.0. The Labute approximate surface area is 146 Å². The summed E-state index contributed by atoms with van der Waals surface area (Å²) < 4.78 is 0.822. The van der Waals surface area contributed by atoms with Crippen LogP contribution in [0.4, 0.5) is 17.2 Å². The van der Waals surface area contributed by atoms with Crippen molar-refractivity contribution in [1.29, 1.82) is 5.26 Å². The van der Waals surface area contributed by atoms with Crippen molar-refractivity contribution in [3.63, 3.8) is 0 Å². The third-order valence-electron chi connectivity index (χ3n) is 2.70. The SMILES string of the molecule is N#C/C(=C/Nc1ccc(Br)cn1)C(=O)Nc1ccc(N)cc1Cl. The van der Waals surface area contributed by atoms with Crippen molar-refractivity contribution in [2.75, 3.05) is 16.4 Å². The maximum absolute atomic E-state index is 12.1. The molecule has 4 N–H and O–H groups in total. The zero-order valence-electron chi connectivity index (χ0n) is 11.7. The summed E-state index contributed by atoms with van der Waals surface area (Å²) in [7, 11) is 0. The Kier molecular flexibility index (Phi) is 5.57. The minimum Gasteiger partial charge on any atom is -0.399 e. The summed E-state index contributed by atoms with van der Waals surface area (Å²) in [6, 6.07) is 9.97. The molecule has 0 aliphatic rings. The number of nitrogens with zero attached hydrogens (tertiary/aromatic N) is 2. The molecule has 0 fully saturated rings. The lowest BCUT2D eigenvalue weighted by molar-refractivity contribution is -0.112. The van der Waals surface area contributed by atoms with Gasteiger partial charge in [-0.3, -0.25) is 4.79 Å². The predicted octanol–water partition coefficient (Wildman–Crippen LogP) is 3.54. The van der Waals surface area contributed by atoms with E-state index in [9.17, 15) is 4.79 Å². The molecule has 0 aliphatic carbocycles. The minimum atomic E-state index is -0.594. The van der Waals surface area contributed by atoms with Gasteiger partial charge in [-0.05, 0) is 46.3 Å². The molecular weight excluding hydrogens is 382 g/mol. The van der Waals surface area contributed by atoms with Crippen LogP contribution in [-0.2, 0) is 4.79 Å². The van der Waals surface area contributed by atoms with Gasteiger partial charge in [0.15, 0.2) is 0 Å². The van der Waals surface area contributed by atoms with Crippen molar-refractivity contribution < 1.29 is 4.79 Å². The molecule has 23 heavy (non-hydrogen) atoms. The van der Waals surface area contributed by atoms with Gasteiger partial charge in [0.1, 0.15) is 17.5 Å². The summed E-state index contributed by atoms with van der Waals surface area (Å²) in [5, 5.41) is 14.7. The molecule has 6 nitrogen and oxygen atoms in total. The fourth-order valence-electron chi connectivity index (χ4n) is 1.58. The largest absolute Gasteiger partial charge is 0.399 e. The van der Waals surface area contributed by atoms with Crippen LogP contribution < -0.4 is 16.4 Å². The maximum Gasteiger partial charge on any atom is 0.267 e. The second-order valence-electron chi connectivity index (χ2n) is 4.37. The molecule has 1 heterocycles. The van der Waals surface area contributed by atoms with Crippen molar-refractivity contribution >= 4 is 50.6 Å². The zero-order chi connectivity index (χ0) is 16.8. The maximum atomic E-state index is 12.1. The van der Waals surface area contributed by atoms with E-state index in [2.05, 4.69) is 31.5 Å². The van der Waals surface area contributed by atoms with E-state index in [1.54, 1.807) is 30.5 Å². The van der Waals surface area contributed by atoms with Gasteiger partial charge in [0.05, 0.1) is 10.7 Å². The van der Waals surface area contributed by atoms with E-state index in [1.807, 2.05) is 6.07 Å². The number of hydrogen-bond donors (Lipinski definition) is 3. The fraction of sp³-hybridized carbons (Fsp3) is 0. The first-order valence-electron chi connectivity index (χ1n) is 6.34. The Morgan fingerprint density at radius 1 is 1.39 bits per heavy atom. The third-order valence-corrected chi connectivity index (χ3v) is 3.48. The van der Waals surface area contributed by atoms with Crippen LogP contribution in [0, 0.1) is 11.3 Å². The predicted molar refractivity (Wildman–Crippen MR) is 93.7 cm³/mol. The quantitative estimate of drug-likeness (QED) is 0.419. The molecule has 116 valence electrons. The van der Waals surface area contributed by atoms with Crippen molar-refractivity contribution in [2.24, 2.45) is 0 Å². The average molecular weight is 393 g/mol. The van der Waals surface area contributed by atoms with Crippen LogP contribution in [-0.4, -0.2) is 10.9 Å². The van der Waals surface area contributed by atoms with E-state index >= 15 is 0 Å². The van der Waals surface area contributed by atoms with Crippen LogP contribution in [0.5, 0.6) is 0 Å². The van der Waals surface area contributed by atoms with Crippen molar-refractivity contribution in [3.05, 3.63) is 57.8 Å². The van der Waals surface area contributed by atoms with Gasteiger partial charge >= 0.3 is 0 Å². The van der Waals surface area contributed by atoms with Gasteiger partial charge in [0.2, 0.25) is 0 Å². The van der Waals surface area contributed by atoms with E-state index in [-0.39, 0.29) is 10.6 Å². The van der Waals surface area contributed by atoms with Crippen LogP contribution in [0.3, 0.4) is 0 Å². The lowest BCUT2D eigenvalue weighted by Crippen LogP contribution is -2.15. The normalized spacial score (nSPS) is 10.7. The van der Waals surface area contributed by atoms with Gasteiger partial charge in [-0.25, -0.2) is 4.98 Å². The summed E-state index contributed by atoms with van der Waals surface area (Å²) in [5.41, 5.74) is 6.31. The molecule has 0 spiro atoms. The molecule has 1 aromatic carbocycles. The van der Waals surface area contributed by atoms with Gasteiger partial charge in [-0.2, -0.15) is 5.26 Å². The molecule has 0 bridgehead atoms. The first-order chi connectivity index (χ1) is 11.0. The molecule has 2 rings (SSSR count). The van der Waals surface area contributed by atoms with E-state index in [0.29, 0.717) is 17.2 Å². The summed E-state index contributed by atoms with van der Waals surface area (Å²) in [6.07, 6.45) is 2.87. The number of benzene rings is 1. The molecule has 0 atom stereocenters. The Bertz CT molecular complexity index is 799. The molecule has 0 aliphatic heterocycles. The molecule has 1 amide bonds. The number of rotatable bonds is 4. The lowest BCUT2D eigenvalue weighted by Gasteiger charge is -2.07. The van der Waals surface area contributed by atoms with E-state index in [4.69, 9.17) is 22.6 Å². The van der Waals surface area contributed by atoms with Crippen LogP contribution in [0.2, 0.25) is 5.02 Å². The number of nitriles is 1. The molecule has 0 unspecified atom stereocenters. The van der Waals surface area contributed by atoms with Gasteiger partial charge in [0, 0.05) is 22.6 Å². The van der Waals surface area contributed by atoms with Gasteiger partial charge in [0.25, 0.3) is 5.91 Å². The highest BCUT2D eigenvalue weighted by molar-refractivity contribution is 9.10. The molecular formula is C15H11BrClN5O. The van der Waals surface area contributed by atoms with Crippen molar-refractivity contribution in [2.45, 2.75) is 0 Å². The van der Waals surface area contributed by atoms with E-state index in [1.165, 1.54) is 12.3 Å².